The van der Waals surface area contributed by atoms with Crippen molar-refractivity contribution in [3.63, 3.8) is 0 Å². The van der Waals surface area contributed by atoms with E-state index in [1.54, 1.807) is 0 Å². The molecule has 1 N–H and O–H groups in total. The number of hydrogen-bond donors (Lipinski definition) is 1. The van der Waals surface area contributed by atoms with E-state index in [9.17, 15) is 14.7 Å². The quantitative estimate of drug-likeness (QED) is 0.0440. The molecule has 0 unspecified atom stereocenters. The summed E-state index contributed by atoms with van der Waals surface area (Å²) in [6, 6.07) is 0. The van der Waals surface area contributed by atoms with Crippen molar-refractivity contribution in [1.82, 2.24) is 0 Å². The van der Waals surface area contributed by atoms with E-state index in [2.05, 4.69) is 98.9 Å². The van der Waals surface area contributed by atoms with Crippen LogP contribution in [0.5, 0.6) is 0 Å². The number of allylic oxidation sites excluding steroid dienone is 16. The first-order valence-electron chi connectivity index (χ1n) is 18.8. The number of rotatable bonds is 32. The molecule has 0 rings (SSSR count). The highest BCUT2D eigenvalue weighted by atomic mass is 16.6. The molecule has 1 atom stereocenters. The van der Waals surface area contributed by atoms with Crippen LogP contribution < -0.4 is 0 Å². The van der Waals surface area contributed by atoms with Crippen molar-refractivity contribution in [3.8, 4) is 0 Å². The second kappa shape index (κ2) is 38.3. The van der Waals surface area contributed by atoms with Gasteiger partial charge in [0.15, 0.2) is 6.10 Å². The third-order valence-electron chi connectivity index (χ3n) is 7.36. The number of carbonyl (C=O) groups excluding carboxylic acids is 2. The minimum atomic E-state index is -0.832. The highest BCUT2D eigenvalue weighted by molar-refractivity contribution is 5.70. The summed E-state index contributed by atoms with van der Waals surface area (Å²) in [7, 11) is 0. The van der Waals surface area contributed by atoms with Crippen LogP contribution in [0.4, 0.5) is 0 Å². The Hall–Kier alpha value is -3.18. The Morgan fingerprint density at radius 1 is 0.479 bits per heavy atom. The van der Waals surface area contributed by atoms with Gasteiger partial charge in [0.2, 0.25) is 0 Å². The van der Waals surface area contributed by atoms with E-state index in [1.165, 1.54) is 51.4 Å². The van der Waals surface area contributed by atoms with Crippen LogP contribution in [0.3, 0.4) is 0 Å². The smallest absolute Gasteiger partial charge is 0.306 e. The maximum absolute atomic E-state index is 12.1. The van der Waals surface area contributed by atoms with Crippen molar-refractivity contribution >= 4 is 11.9 Å². The molecule has 0 aliphatic carbocycles. The topological polar surface area (TPSA) is 72.8 Å². The summed E-state index contributed by atoms with van der Waals surface area (Å²) in [5.74, 6) is -0.744. The number of aliphatic hydroxyl groups is 1. The molecular weight excluding hydrogens is 596 g/mol. The zero-order valence-electron chi connectivity index (χ0n) is 30.5. The molecule has 270 valence electrons. The summed E-state index contributed by atoms with van der Waals surface area (Å²) < 4.78 is 10.5. The minimum absolute atomic E-state index is 0.122. The molecule has 5 nitrogen and oxygen atoms in total. The third kappa shape index (κ3) is 35.7. The third-order valence-corrected chi connectivity index (χ3v) is 7.36. The summed E-state index contributed by atoms with van der Waals surface area (Å²) >= 11 is 0. The zero-order valence-corrected chi connectivity index (χ0v) is 30.5. The molecule has 0 saturated heterocycles. The van der Waals surface area contributed by atoms with Gasteiger partial charge in [-0.15, -0.1) is 0 Å². The van der Waals surface area contributed by atoms with Crippen LogP contribution in [0.1, 0.15) is 142 Å². The van der Waals surface area contributed by atoms with Gasteiger partial charge in [0.25, 0.3) is 0 Å². The molecular formula is C43H68O5. The van der Waals surface area contributed by atoms with Crippen LogP contribution in [0.25, 0.3) is 0 Å². The van der Waals surface area contributed by atoms with Crippen LogP contribution in [-0.2, 0) is 19.1 Å². The number of esters is 2. The number of ether oxygens (including phenoxy) is 2. The summed E-state index contributed by atoms with van der Waals surface area (Å²) in [5.41, 5.74) is 0. The molecule has 48 heavy (non-hydrogen) atoms. The summed E-state index contributed by atoms with van der Waals surface area (Å²) in [6.45, 7) is 3.96. The van der Waals surface area contributed by atoms with E-state index in [4.69, 9.17) is 9.47 Å². The average Bonchev–Trinajstić information content (AvgIpc) is 3.09. The highest BCUT2D eigenvalue weighted by Crippen LogP contribution is 2.06. The Morgan fingerprint density at radius 2 is 0.854 bits per heavy atom. The van der Waals surface area contributed by atoms with E-state index in [0.717, 1.165) is 57.8 Å². The molecule has 0 bridgehead atoms. The molecule has 0 aromatic carbocycles. The zero-order chi connectivity index (χ0) is 35.0. The van der Waals surface area contributed by atoms with Crippen molar-refractivity contribution in [2.75, 3.05) is 13.2 Å². The maximum atomic E-state index is 12.1. The van der Waals surface area contributed by atoms with E-state index in [1.807, 2.05) is 12.2 Å². The lowest BCUT2D eigenvalue weighted by Crippen LogP contribution is -2.28. The molecule has 0 aliphatic heterocycles. The van der Waals surface area contributed by atoms with Gasteiger partial charge in [-0.2, -0.15) is 0 Å². The molecule has 0 aliphatic rings. The molecule has 0 saturated carbocycles. The molecule has 0 fully saturated rings. The monoisotopic (exact) mass is 665 g/mol. The predicted molar refractivity (Wildman–Crippen MR) is 205 cm³/mol. The second-order valence-electron chi connectivity index (χ2n) is 11.9. The van der Waals surface area contributed by atoms with Crippen molar-refractivity contribution < 1.29 is 24.2 Å². The number of carbonyl (C=O) groups is 2. The molecule has 5 heteroatoms. The molecule has 0 radical (unpaired) electrons. The lowest BCUT2D eigenvalue weighted by Gasteiger charge is -2.15. The summed E-state index contributed by atoms with van der Waals surface area (Å²) in [6.07, 6.45) is 53.3. The molecule has 0 aromatic rings. The van der Waals surface area contributed by atoms with E-state index in [0.29, 0.717) is 12.8 Å². The van der Waals surface area contributed by atoms with Crippen LogP contribution in [0, 0.1) is 0 Å². The van der Waals surface area contributed by atoms with Gasteiger partial charge in [-0.1, -0.05) is 137 Å². The normalized spacial score (nSPS) is 13.3. The van der Waals surface area contributed by atoms with Gasteiger partial charge in [0.05, 0.1) is 6.61 Å². The highest BCUT2D eigenvalue weighted by Gasteiger charge is 2.15. The maximum Gasteiger partial charge on any atom is 0.306 e. The first-order valence-corrected chi connectivity index (χ1v) is 18.8. The Labute approximate surface area is 294 Å². The van der Waals surface area contributed by atoms with Crippen molar-refractivity contribution in [2.24, 2.45) is 0 Å². The number of aliphatic hydroxyl groups excluding tert-OH is 1. The largest absolute Gasteiger partial charge is 0.462 e. The van der Waals surface area contributed by atoms with Gasteiger partial charge in [-0.3, -0.25) is 9.59 Å². The molecule has 0 heterocycles. The van der Waals surface area contributed by atoms with Gasteiger partial charge in [-0.05, 0) is 89.9 Å². The predicted octanol–water partition coefficient (Wildman–Crippen LogP) is 11.7. The van der Waals surface area contributed by atoms with E-state index in [-0.39, 0.29) is 25.6 Å². The minimum Gasteiger partial charge on any atom is -0.462 e. The molecule has 0 aromatic heterocycles. The molecule has 0 amide bonds. The lowest BCUT2D eigenvalue weighted by atomic mass is 10.1. The Balaban J connectivity index is 3.81. The summed E-state index contributed by atoms with van der Waals surface area (Å²) in [5, 5.41) is 9.52. The van der Waals surface area contributed by atoms with E-state index < -0.39 is 12.1 Å². The van der Waals surface area contributed by atoms with Gasteiger partial charge < -0.3 is 14.6 Å². The van der Waals surface area contributed by atoms with Crippen LogP contribution in [-0.4, -0.2) is 36.4 Å². The van der Waals surface area contributed by atoms with Crippen LogP contribution in [0.15, 0.2) is 97.2 Å². The SMILES string of the molecule is CCCCCC=CCC=CCC=CCC=CCC=CCCC(=O)O[C@@H](CO)COC(=O)CCCCC=CCC=CCC=CCCCCC. The standard InChI is InChI=1S/C43H68O5/c1-3-5-7-9-11-13-15-17-19-20-21-22-24-26-28-30-32-34-36-38-43(46)48-41(39-44)40-47-42(45)37-35-33-31-29-27-25-23-18-16-14-12-10-8-6-4-2/h11-14,17-19,21-23,26-29,32,34,41,44H,3-10,15-16,20,24-25,30-31,33,35-40H2,1-2H3/t41-/m0/s1. The van der Waals surface area contributed by atoms with Crippen LogP contribution in [0.2, 0.25) is 0 Å². The van der Waals surface area contributed by atoms with Crippen LogP contribution >= 0.6 is 0 Å². The fraction of sp³-hybridized carbons (Fsp3) is 0.581. The van der Waals surface area contributed by atoms with Gasteiger partial charge in [-0.25, -0.2) is 0 Å². The lowest BCUT2D eigenvalue weighted by molar-refractivity contribution is -0.161. The number of unbranched alkanes of at least 4 members (excludes halogenated alkanes) is 8. The fourth-order valence-electron chi connectivity index (χ4n) is 4.48. The molecule has 0 spiro atoms. The first kappa shape index (κ1) is 44.8. The second-order valence-corrected chi connectivity index (χ2v) is 11.9. The summed E-state index contributed by atoms with van der Waals surface area (Å²) in [4.78, 5) is 24.2. The van der Waals surface area contributed by atoms with Gasteiger partial charge in [0, 0.05) is 12.8 Å². The van der Waals surface area contributed by atoms with Crippen molar-refractivity contribution in [3.05, 3.63) is 97.2 Å². The fourth-order valence-corrected chi connectivity index (χ4v) is 4.48. The Kier molecular flexibility index (Phi) is 35.7. The Bertz CT molecular complexity index is 979. The van der Waals surface area contributed by atoms with Crippen molar-refractivity contribution in [1.29, 1.82) is 0 Å². The van der Waals surface area contributed by atoms with Gasteiger partial charge in [0.1, 0.15) is 6.61 Å². The first-order chi connectivity index (χ1) is 23.6. The average molecular weight is 665 g/mol. The Morgan fingerprint density at radius 3 is 1.25 bits per heavy atom. The number of hydrogen-bond acceptors (Lipinski definition) is 5. The van der Waals surface area contributed by atoms with E-state index >= 15 is 0 Å². The van der Waals surface area contributed by atoms with Crippen molar-refractivity contribution in [2.45, 2.75) is 148 Å². The van der Waals surface area contributed by atoms with Gasteiger partial charge >= 0.3 is 11.9 Å².